The highest BCUT2D eigenvalue weighted by atomic mass is 16.3. The molecule has 3 saturated carbocycles. The Morgan fingerprint density at radius 3 is 2.41 bits per heavy atom. The van der Waals surface area contributed by atoms with Crippen molar-refractivity contribution in [3.05, 3.63) is 35.5 Å². The van der Waals surface area contributed by atoms with Crippen molar-refractivity contribution >= 4 is 0 Å². The predicted octanol–water partition coefficient (Wildman–Crippen LogP) is 7.12. The molecule has 0 saturated heterocycles. The fraction of sp³-hybridized carbons (Fsp3) is 0.806. The summed E-state index contributed by atoms with van der Waals surface area (Å²) in [5, 5.41) is 30.8. The average Bonchev–Trinajstić information content (AvgIpc) is 3.12. The van der Waals surface area contributed by atoms with Crippen molar-refractivity contribution in [2.75, 3.05) is 0 Å². The van der Waals surface area contributed by atoms with Gasteiger partial charge >= 0.3 is 0 Å². The van der Waals surface area contributed by atoms with Crippen LogP contribution in [0.25, 0.3) is 0 Å². The van der Waals surface area contributed by atoms with Crippen molar-refractivity contribution in [2.45, 2.75) is 129 Å². The van der Waals surface area contributed by atoms with Crippen molar-refractivity contribution in [1.82, 2.24) is 0 Å². The fourth-order valence-corrected chi connectivity index (χ4v) is 7.57. The maximum absolute atomic E-state index is 10.4. The molecule has 7 atom stereocenters. The third-order valence-electron chi connectivity index (χ3n) is 9.77. The van der Waals surface area contributed by atoms with Gasteiger partial charge in [-0.05, 0) is 106 Å². The fourth-order valence-electron chi connectivity index (χ4n) is 7.57. The van der Waals surface area contributed by atoms with Gasteiger partial charge in [-0.15, -0.1) is 0 Å². The number of allylic oxidation sites excluding steroid dienone is 3. The van der Waals surface area contributed by atoms with Crippen LogP contribution in [0.4, 0.5) is 0 Å². The van der Waals surface area contributed by atoms with Gasteiger partial charge in [-0.25, -0.2) is 0 Å². The molecule has 0 amide bonds. The molecule has 0 unspecified atom stereocenters. The molecule has 0 spiro atoms. The predicted molar refractivity (Wildman–Crippen MR) is 142 cm³/mol. The Bertz CT molecular complexity index is 741. The maximum atomic E-state index is 10.4. The van der Waals surface area contributed by atoms with Gasteiger partial charge in [-0.3, -0.25) is 0 Å². The highest BCUT2D eigenvalue weighted by Crippen LogP contribution is 2.60. The summed E-state index contributed by atoms with van der Waals surface area (Å²) >= 11 is 0. The first kappa shape index (κ1) is 27.7. The van der Waals surface area contributed by atoms with Gasteiger partial charge < -0.3 is 15.3 Å². The molecule has 3 rings (SSSR count). The van der Waals surface area contributed by atoms with Crippen molar-refractivity contribution in [2.24, 2.45) is 29.1 Å². The average molecular weight is 473 g/mol. The van der Waals surface area contributed by atoms with Crippen LogP contribution in [-0.2, 0) is 0 Å². The molecule has 34 heavy (non-hydrogen) atoms. The summed E-state index contributed by atoms with van der Waals surface area (Å²) in [7, 11) is 0. The summed E-state index contributed by atoms with van der Waals surface area (Å²) in [4.78, 5) is 0. The minimum atomic E-state index is -0.620. The number of rotatable bonds is 9. The number of aliphatic hydroxyl groups excluding tert-OH is 2. The van der Waals surface area contributed by atoms with E-state index in [0.29, 0.717) is 41.6 Å². The first-order valence-corrected chi connectivity index (χ1v) is 14.1. The third-order valence-corrected chi connectivity index (χ3v) is 9.77. The van der Waals surface area contributed by atoms with E-state index >= 15 is 0 Å². The van der Waals surface area contributed by atoms with Crippen LogP contribution in [0.3, 0.4) is 0 Å². The van der Waals surface area contributed by atoms with Gasteiger partial charge in [0, 0.05) is 0 Å². The molecule has 0 radical (unpaired) electrons. The van der Waals surface area contributed by atoms with E-state index in [0.717, 1.165) is 24.3 Å². The lowest BCUT2D eigenvalue weighted by Crippen LogP contribution is -2.38. The number of hydrogen-bond donors (Lipinski definition) is 3. The van der Waals surface area contributed by atoms with Crippen LogP contribution >= 0.6 is 0 Å². The number of hydrogen-bond acceptors (Lipinski definition) is 3. The number of aliphatic hydroxyl groups is 3. The first-order valence-electron chi connectivity index (χ1n) is 14.1. The van der Waals surface area contributed by atoms with Crippen molar-refractivity contribution in [3.63, 3.8) is 0 Å². The van der Waals surface area contributed by atoms with Crippen molar-refractivity contribution in [3.8, 4) is 0 Å². The van der Waals surface area contributed by atoms with Crippen LogP contribution in [0, 0.1) is 29.1 Å². The molecule has 194 valence electrons. The van der Waals surface area contributed by atoms with Crippen molar-refractivity contribution in [1.29, 1.82) is 0 Å². The van der Waals surface area contributed by atoms with E-state index in [1.165, 1.54) is 51.4 Å². The Morgan fingerprint density at radius 1 is 1.12 bits per heavy atom. The Morgan fingerprint density at radius 2 is 1.79 bits per heavy atom. The minimum absolute atomic E-state index is 0.362. The van der Waals surface area contributed by atoms with E-state index in [9.17, 15) is 15.3 Å². The Balaban J connectivity index is 1.75. The second kappa shape index (κ2) is 11.4. The molecule has 3 heteroatoms. The molecule has 0 aliphatic heterocycles. The summed E-state index contributed by atoms with van der Waals surface area (Å²) < 4.78 is 0. The highest BCUT2D eigenvalue weighted by molar-refractivity contribution is 5.29. The molecular formula is C31H52O3. The second-order valence-electron chi connectivity index (χ2n) is 12.8. The van der Waals surface area contributed by atoms with Gasteiger partial charge in [0.2, 0.25) is 0 Å². The summed E-state index contributed by atoms with van der Waals surface area (Å²) in [5.41, 5.74) is 3.08. The topological polar surface area (TPSA) is 60.7 Å². The molecule has 3 nitrogen and oxygen atoms in total. The van der Waals surface area contributed by atoms with E-state index < -0.39 is 17.8 Å². The van der Waals surface area contributed by atoms with Crippen LogP contribution in [0.5, 0.6) is 0 Å². The van der Waals surface area contributed by atoms with Crippen molar-refractivity contribution < 1.29 is 15.3 Å². The van der Waals surface area contributed by atoms with Gasteiger partial charge in [0.15, 0.2) is 0 Å². The van der Waals surface area contributed by atoms with Crippen LogP contribution in [0.15, 0.2) is 35.5 Å². The molecule has 0 heterocycles. The zero-order valence-electron chi connectivity index (χ0n) is 22.7. The molecular weight excluding hydrogens is 420 g/mol. The minimum Gasteiger partial charge on any atom is -0.390 e. The number of unbranched alkanes of at least 4 members (excludes halogenated alkanes) is 1. The van der Waals surface area contributed by atoms with Gasteiger partial charge in [-0.2, -0.15) is 0 Å². The monoisotopic (exact) mass is 472 g/mol. The molecule has 0 aromatic carbocycles. The highest BCUT2D eigenvalue weighted by Gasteiger charge is 2.51. The Hall–Kier alpha value is -0.900. The SMILES string of the molecule is C=C1[C@H](O)CC(=C/C=C2\CCC[C@]3(C)[C@@H]([C@H](C)[C@@H](CCCC)CCC(C)(C)O)CC[C@@H]23)C[C@H]1O. The second-order valence-corrected chi connectivity index (χ2v) is 12.8. The molecule has 3 fully saturated rings. The molecule has 0 aromatic rings. The van der Waals surface area contributed by atoms with E-state index in [1.54, 1.807) is 5.57 Å². The first-order chi connectivity index (χ1) is 16.0. The standard InChI is InChI=1S/C31H52O3/c1-7-8-10-24(16-18-30(4,5)34)21(2)26-14-15-27-25(11-9-17-31(26,27)6)13-12-23-19-28(32)22(3)29(33)20-23/h12-13,21,24,26-29,32-34H,3,7-11,14-20H2,1-2,4-6H3/b25-13+/t21-,24+,26-,27+,28-,29-,31-/m1/s1. The van der Waals surface area contributed by atoms with Gasteiger partial charge in [-0.1, -0.05) is 69.9 Å². The normalized spacial score (nSPS) is 35.4. The molecule has 3 aliphatic rings. The zero-order chi connectivity index (χ0) is 25.1. The van der Waals surface area contributed by atoms with E-state index in [-0.39, 0.29) is 0 Å². The summed E-state index contributed by atoms with van der Waals surface area (Å²) in [6, 6.07) is 0. The lowest BCUT2D eigenvalue weighted by atomic mass is 9.59. The lowest BCUT2D eigenvalue weighted by molar-refractivity contribution is 0.0390. The quantitative estimate of drug-likeness (QED) is 0.313. The van der Waals surface area contributed by atoms with Gasteiger partial charge in [0.1, 0.15) is 0 Å². The number of fused-ring (bicyclic) bond motifs is 1. The Kier molecular flexibility index (Phi) is 9.31. The van der Waals surface area contributed by atoms with E-state index in [1.807, 2.05) is 13.8 Å². The molecule has 3 aliphatic carbocycles. The lowest BCUT2D eigenvalue weighted by Gasteiger charge is -2.46. The third kappa shape index (κ3) is 6.45. The van der Waals surface area contributed by atoms with E-state index in [4.69, 9.17) is 0 Å². The van der Waals surface area contributed by atoms with Crippen LogP contribution in [0.2, 0.25) is 0 Å². The largest absolute Gasteiger partial charge is 0.390 e. The summed E-state index contributed by atoms with van der Waals surface area (Å²) in [5.74, 6) is 2.79. The van der Waals surface area contributed by atoms with Gasteiger partial charge in [0.05, 0.1) is 17.8 Å². The summed E-state index contributed by atoms with van der Waals surface area (Å²) in [6.07, 6.45) is 16.7. The van der Waals surface area contributed by atoms with E-state index in [2.05, 4.69) is 39.5 Å². The molecule has 0 aromatic heterocycles. The van der Waals surface area contributed by atoms with Crippen LogP contribution < -0.4 is 0 Å². The molecule has 0 bridgehead atoms. The summed E-state index contributed by atoms with van der Waals surface area (Å²) in [6.45, 7) is 15.1. The van der Waals surface area contributed by atoms with Gasteiger partial charge in [0.25, 0.3) is 0 Å². The van der Waals surface area contributed by atoms with Crippen LogP contribution in [0.1, 0.15) is 112 Å². The zero-order valence-corrected chi connectivity index (χ0v) is 22.7. The Labute approximate surface area is 209 Å². The molecule has 3 N–H and O–H groups in total. The van der Waals surface area contributed by atoms with Crippen LogP contribution in [-0.4, -0.2) is 33.1 Å². The maximum Gasteiger partial charge on any atom is 0.0809 e. The smallest absolute Gasteiger partial charge is 0.0809 e.